The first-order chi connectivity index (χ1) is 18.5. The zero-order chi connectivity index (χ0) is 27.2. The summed E-state index contributed by atoms with van der Waals surface area (Å²) >= 11 is 0. The number of hydrogen-bond acceptors (Lipinski definition) is 8. The second-order valence-electron chi connectivity index (χ2n) is 8.33. The van der Waals surface area contributed by atoms with Crippen LogP contribution in [0.1, 0.15) is 42.1 Å². The van der Waals surface area contributed by atoms with E-state index in [0.717, 1.165) is 23.3 Å². The van der Waals surface area contributed by atoms with Gasteiger partial charge in [0.25, 0.3) is 6.47 Å². The SMILES string of the molecule is COc1ccc(/C=C/C(=O)OC2=CC=C(OC(=O)c3ccc(OCCCCOC=O)cc3)CC(C)=C2)cc1. The lowest BCUT2D eigenvalue weighted by Gasteiger charge is -2.09. The van der Waals surface area contributed by atoms with E-state index in [9.17, 15) is 14.4 Å². The lowest BCUT2D eigenvalue weighted by molar-refractivity contribution is -0.133. The van der Waals surface area contributed by atoms with E-state index in [0.29, 0.717) is 55.4 Å². The highest BCUT2D eigenvalue weighted by molar-refractivity contribution is 5.90. The monoisotopic (exact) mass is 518 g/mol. The summed E-state index contributed by atoms with van der Waals surface area (Å²) in [6.07, 6.45) is 9.77. The molecule has 8 heteroatoms. The van der Waals surface area contributed by atoms with E-state index >= 15 is 0 Å². The third-order valence-corrected chi connectivity index (χ3v) is 5.33. The quantitative estimate of drug-likeness (QED) is 0.112. The first-order valence-electron chi connectivity index (χ1n) is 12.1. The molecule has 0 N–H and O–H groups in total. The molecule has 2 aromatic rings. The number of methoxy groups -OCH3 is 1. The fourth-order valence-corrected chi connectivity index (χ4v) is 3.40. The molecular formula is C30H30O8. The lowest BCUT2D eigenvalue weighted by atomic mass is 10.2. The Balaban J connectivity index is 1.52. The Kier molecular flexibility index (Phi) is 10.9. The van der Waals surface area contributed by atoms with E-state index in [1.165, 1.54) is 6.08 Å². The van der Waals surface area contributed by atoms with E-state index in [1.54, 1.807) is 67.8 Å². The fraction of sp³-hybridized carbons (Fsp3) is 0.233. The molecule has 0 aromatic heterocycles. The van der Waals surface area contributed by atoms with Gasteiger partial charge < -0.3 is 23.7 Å². The number of carbonyl (C=O) groups excluding carboxylic acids is 3. The summed E-state index contributed by atoms with van der Waals surface area (Å²) in [5.41, 5.74) is 2.07. The van der Waals surface area contributed by atoms with Gasteiger partial charge >= 0.3 is 11.9 Å². The van der Waals surface area contributed by atoms with Gasteiger partial charge in [0, 0.05) is 12.5 Å². The summed E-state index contributed by atoms with van der Waals surface area (Å²) in [5.74, 6) is 1.10. The maximum absolute atomic E-state index is 12.6. The highest BCUT2D eigenvalue weighted by atomic mass is 16.5. The molecule has 0 heterocycles. The molecule has 0 bridgehead atoms. The van der Waals surface area contributed by atoms with Gasteiger partial charge in [0.1, 0.15) is 23.0 Å². The minimum atomic E-state index is -0.526. The number of ether oxygens (including phenoxy) is 5. The standard InChI is InChI=1S/C30H30O8/c1-22-19-27(37-29(32)16-7-23-5-10-25(34-2)11-6-23)14-15-28(20-22)38-30(33)24-8-12-26(13-9-24)36-18-4-3-17-35-21-31/h5-16,19,21H,3-4,17-18,20H2,1-2H3/b16-7+. The zero-order valence-corrected chi connectivity index (χ0v) is 21.4. The summed E-state index contributed by atoms with van der Waals surface area (Å²) in [5, 5.41) is 0. The molecule has 0 atom stereocenters. The molecule has 0 aliphatic heterocycles. The molecule has 0 fully saturated rings. The molecule has 1 aliphatic rings. The van der Waals surface area contributed by atoms with Gasteiger partial charge in [0.15, 0.2) is 0 Å². The molecule has 2 aromatic carbocycles. The van der Waals surface area contributed by atoms with E-state index in [-0.39, 0.29) is 0 Å². The normalized spacial score (nSPS) is 12.9. The van der Waals surface area contributed by atoms with Gasteiger partial charge in [0.2, 0.25) is 0 Å². The largest absolute Gasteiger partial charge is 0.497 e. The van der Waals surface area contributed by atoms with Crippen LogP contribution in [0.2, 0.25) is 0 Å². The van der Waals surface area contributed by atoms with Gasteiger partial charge in [-0.1, -0.05) is 17.7 Å². The molecular weight excluding hydrogens is 488 g/mol. The minimum absolute atomic E-state index is 0.345. The maximum atomic E-state index is 12.6. The number of hydrogen-bond donors (Lipinski definition) is 0. The average molecular weight is 519 g/mol. The topological polar surface area (TPSA) is 97.4 Å². The summed E-state index contributed by atoms with van der Waals surface area (Å²) in [6, 6.07) is 13.9. The first-order valence-corrected chi connectivity index (χ1v) is 12.1. The van der Waals surface area contributed by atoms with E-state index in [4.69, 9.17) is 18.9 Å². The van der Waals surface area contributed by atoms with Gasteiger partial charge in [-0.25, -0.2) is 9.59 Å². The van der Waals surface area contributed by atoms with Crippen LogP contribution in [0, 0.1) is 0 Å². The number of carbonyl (C=O) groups is 3. The molecule has 1 aliphatic carbocycles. The molecule has 0 saturated heterocycles. The van der Waals surface area contributed by atoms with Crippen molar-refractivity contribution in [3.05, 3.63) is 101 Å². The number of allylic oxidation sites excluding steroid dienone is 4. The van der Waals surface area contributed by atoms with Gasteiger partial charge in [0.05, 0.1) is 25.9 Å². The third-order valence-electron chi connectivity index (χ3n) is 5.33. The summed E-state index contributed by atoms with van der Waals surface area (Å²) in [7, 11) is 1.59. The highest BCUT2D eigenvalue weighted by Crippen LogP contribution is 2.22. The van der Waals surface area contributed by atoms with Crippen LogP contribution in [-0.4, -0.2) is 38.7 Å². The van der Waals surface area contributed by atoms with E-state index in [2.05, 4.69) is 4.74 Å². The molecule has 0 amide bonds. The molecule has 0 spiro atoms. The van der Waals surface area contributed by atoms with Crippen molar-refractivity contribution < 1.29 is 38.1 Å². The zero-order valence-electron chi connectivity index (χ0n) is 21.4. The molecule has 8 nitrogen and oxygen atoms in total. The lowest BCUT2D eigenvalue weighted by Crippen LogP contribution is -2.06. The second kappa shape index (κ2) is 14.8. The highest BCUT2D eigenvalue weighted by Gasteiger charge is 2.14. The van der Waals surface area contributed by atoms with Crippen LogP contribution < -0.4 is 9.47 Å². The minimum Gasteiger partial charge on any atom is -0.497 e. The molecule has 198 valence electrons. The molecule has 0 saturated carbocycles. The van der Waals surface area contributed by atoms with E-state index in [1.807, 2.05) is 19.1 Å². The molecule has 0 unspecified atom stereocenters. The smallest absolute Gasteiger partial charge is 0.343 e. The van der Waals surface area contributed by atoms with Crippen molar-refractivity contribution >= 4 is 24.5 Å². The Morgan fingerprint density at radius 2 is 1.61 bits per heavy atom. The Morgan fingerprint density at radius 3 is 2.32 bits per heavy atom. The Morgan fingerprint density at radius 1 is 0.895 bits per heavy atom. The summed E-state index contributed by atoms with van der Waals surface area (Å²) in [6.45, 7) is 3.12. The van der Waals surface area contributed by atoms with Gasteiger partial charge in [-0.2, -0.15) is 0 Å². The number of benzene rings is 2. The van der Waals surface area contributed by atoms with Crippen LogP contribution in [0.4, 0.5) is 0 Å². The summed E-state index contributed by atoms with van der Waals surface area (Å²) < 4.78 is 26.4. The third kappa shape index (κ3) is 9.46. The second-order valence-corrected chi connectivity index (χ2v) is 8.33. The van der Waals surface area contributed by atoms with Crippen molar-refractivity contribution in [3.8, 4) is 11.5 Å². The van der Waals surface area contributed by atoms with Crippen molar-refractivity contribution in [1.29, 1.82) is 0 Å². The van der Waals surface area contributed by atoms with Crippen LogP contribution >= 0.6 is 0 Å². The number of unbranched alkanes of at least 4 members (excludes halogenated alkanes) is 1. The van der Waals surface area contributed by atoms with Crippen LogP contribution in [0.25, 0.3) is 6.08 Å². The predicted molar refractivity (Wildman–Crippen MR) is 141 cm³/mol. The van der Waals surface area contributed by atoms with Crippen LogP contribution in [0.3, 0.4) is 0 Å². The van der Waals surface area contributed by atoms with Gasteiger partial charge in [-0.3, -0.25) is 4.79 Å². The number of esters is 2. The van der Waals surface area contributed by atoms with E-state index < -0.39 is 11.9 Å². The Labute approximate surface area is 221 Å². The van der Waals surface area contributed by atoms with Gasteiger partial charge in [-0.05, 0) is 86.0 Å². The maximum Gasteiger partial charge on any atom is 0.343 e. The van der Waals surface area contributed by atoms with Crippen molar-refractivity contribution in [1.82, 2.24) is 0 Å². The van der Waals surface area contributed by atoms with Crippen molar-refractivity contribution in [2.24, 2.45) is 0 Å². The summed E-state index contributed by atoms with van der Waals surface area (Å²) in [4.78, 5) is 35.0. The van der Waals surface area contributed by atoms with Crippen molar-refractivity contribution in [2.45, 2.75) is 26.2 Å². The number of rotatable bonds is 13. The molecule has 3 rings (SSSR count). The first kappa shape index (κ1) is 28.0. The molecule has 38 heavy (non-hydrogen) atoms. The predicted octanol–water partition coefficient (Wildman–Crippen LogP) is 5.56. The van der Waals surface area contributed by atoms with Crippen LogP contribution in [-0.2, 0) is 23.8 Å². The van der Waals surface area contributed by atoms with Gasteiger partial charge in [-0.15, -0.1) is 0 Å². The Hall–Kier alpha value is -4.59. The van der Waals surface area contributed by atoms with Crippen molar-refractivity contribution in [2.75, 3.05) is 20.3 Å². The van der Waals surface area contributed by atoms with Crippen molar-refractivity contribution in [3.63, 3.8) is 0 Å². The average Bonchev–Trinajstić information content (AvgIpc) is 3.10. The molecule has 0 radical (unpaired) electrons. The van der Waals surface area contributed by atoms with Crippen LogP contribution in [0.5, 0.6) is 11.5 Å². The van der Waals surface area contributed by atoms with Crippen LogP contribution in [0.15, 0.2) is 89.9 Å². The fourth-order valence-electron chi connectivity index (χ4n) is 3.40. The Bertz CT molecular complexity index is 1220.